The minimum Gasteiger partial charge on any atom is -0.856 e. The van der Waals surface area contributed by atoms with E-state index in [4.69, 9.17) is 31.1 Å². The summed E-state index contributed by atoms with van der Waals surface area (Å²) < 4.78 is 47.2. The van der Waals surface area contributed by atoms with Crippen LogP contribution in [-0.4, -0.2) is 64.4 Å². The molecule has 6 N–H and O–H groups in total. The van der Waals surface area contributed by atoms with E-state index >= 15 is 0 Å². The molecule has 6 atom stereocenters. The fraction of sp³-hybridized carbons (Fsp3) is 0.300. The van der Waals surface area contributed by atoms with Gasteiger partial charge in [-0.25, -0.2) is 18.7 Å². The third kappa shape index (κ3) is 5.49. The van der Waals surface area contributed by atoms with Crippen LogP contribution >= 0.6 is 27.2 Å². The third-order valence-corrected chi connectivity index (χ3v) is 8.74. The lowest BCUT2D eigenvalue weighted by Crippen LogP contribution is -2.46. The largest absolute Gasteiger partial charge is 0.856 e. The van der Waals surface area contributed by atoms with E-state index in [2.05, 4.69) is 19.3 Å². The van der Waals surface area contributed by atoms with Gasteiger partial charge in [-0.15, -0.1) is 0 Å². The van der Waals surface area contributed by atoms with Crippen molar-refractivity contribution in [2.24, 2.45) is 7.05 Å². The minimum atomic E-state index is -5.31. The Balaban J connectivity index is 1.28. The number of nitrogen functional groups attached to an aromatic ring is 1. The van der Waals surface area contributed by atoms with Crippen LogP contribution in [0.3, 0.4) is 0 Å². The molecule has 5 rings (SSSR count). The lowest BCUT2D eigenvalue weighted by Gasteiger charge is -2.19. The smallest absolute Gasteiger partial charge is 0.536 e. The molecule has 17 nitrogen and oxygen atoms in total. The van der Waals surface area contributed by atoms with Crippen molar-refractivity contribution in [3.63, 3.8) is 0 Å². The number of hydrogen-bond donors (Lipinski definition) is 5. The van der Waals surface area contributed by atoms with Crippen molar-refractivity contribution in [1.82, 2.24) is 19.5 Å². The Morgan fingerprint density at radius 1 is 1.20 bits per heavy atom. The standard InChI is InChI=1S/C20H21ClN6O11P2/c1-26-8-27(17-14(26)18(30)25-20(22)24-17)19-16(29)15(28)12(36-19)7-35-39(31,32)38-40(33,34)37-11-5-4-10(21)9-3-2-6-23-13(9)11/h2-6,8,12,15-16,19,28-29H,7H2,1H3,(H4-,22,24,25,30,31,32,33,34)/t12-,15-,16-,19-/m1/s1. The zero-order valence-electron chi connectivity index (χ0n) is 20.2. The molecule has 1 aliphatic rings. The fourth-order valence-corrected chi connectivity index (χ4v) is 6.47. The molecule has 0 aliphatic carbocycles. The number of pyridine rings is 1. The highest BCUT2D eigenvalue weighted by Crippen LogP contribution is 2.60. The van der Waals surface area contributed by atoms with Crippen molar-refractivity contribution in [3.8, 4) is 11.6 Å². The van der Waals surface area contributed by atoms with Crippen molar-refractivity contribution >= 4 is 55.3 Å². The van der Waals surface area contributed by atoms with Crippen LogP contribution < -0.4 is 19.9 Å². The highest BCUT2D eigenvalue weighted by atomic mass is 35.5. The topological polar surface area (TPSA) is 249 Å². The normalized spacial score (nSPS) is 24.2. The number of ether oxygens (including phenoxy) is 1. The molecule has 1 saturated heterocycles. The lowest BCUT2D eigenvalue weighted by atomic mass is 10.1. The fourth-order valence-electron chi connectivity index (χ4n) is 4.16. The molecular formula is C20H21ClN6O11P2. The summed E-state index contributed by atoms with van der Waals surface area (Å²) in [6.07, 6.45) is -3.32. The number of aromatic nitrogens is 5. The van der Waals surface area contributed by atoms with Crippen molar-refractivity contribution < 1.29 is 56.9 Å². The van der Waals surface area contributed by atoms with E-state index in [0.29, 0.717) is 5.39 Å². The van der Waals surface area contributed by atoms with E-state index in [1.165, 1.54) is 40.8 Å². The molecule has 4 aromatic rings. The van der Waals surface area contributed by atoms with E-state index in [-0.39, 0.29) is 33.4 Å². The molecule has 1 fully saturated rings. The first-order valence-electron chi connectivity index (χ1n) is 11.2. The summed E-state index contributed by atoms with van der Waals surface area (Å²) in [5, 5.41) is 33.9. The number of fused-ring (bicyclic) bond motifs is 2. The number of rotatable bonds is 8. The predicted molar refractivity (Wildman–Crippen MR) is 133 cm³/mol. The Kier molecular flexibility index (Phi) is 7.48. The average Bonchev–Trinajstić information content (AvgIpc) is 3.34. The van der Waals surface area contributed by atoms with Crippen molar-refractivity contribution in [2.75, 3.05) is 12.3 Å². The van der Waals surface area contributed by atoms with Gasteiger partial charge in [-0.1, -0.05) is 16.6 Å². The maximum atomic E-state index is 12.5. The summed E-state index contributed by atoms with van der Waals surface area (Å²) in [5.74, 6) is -1.28. The van der Waals surface area contributed by atoms with Gasteiger partial charge in [-0.2, -0.15) is 4.31 Å². The van der Waals surface area contributed by atoms with Crippen LogP contribution in [0.1, 0.15) is 6.23 Å². The highest BCUT2D eigenvalue weighted by molar-refractivity contribution is 7.61. The quantitative estimate of drug-likeness (QED) is 0.129. The number of imidazole rings is 1. The van der Waals surface area contributed by atoms with E-state index in [1.807, 2.05) is 0 Å². The number of hydrogen-bond acceptors (Lipinski definition) is 13. The number of aliphatic hydroxyl groups excluding tert-OH is 2. The predicted octanol–water partition coefficient (Wildman–Crippen LogP) is 0.0454. The van der Waals surface area contributed by atoms with E-state index in [9.17, 15) is 34.2 Å². The van der Waals surface area contributed by atoms with E-state index in [1.54, 1.807) is 12.1 Å². The number of aliphatic hydroxyl groups is 2. The first-order chi connectivity index (χ1) is 18.8. The number of aryl methyl sites for hydroxylation is 1. The van der Waals surface area contributed by atoms with Gasteiger partial charge in [0.05, 0.1) is 18.7 Å². The van der Waals surface area contributed by atoms with Gasteiger partial charge in [0.2, 0.25) is 6.23 Å². The Labute approximate surface area is 229 Å². The zero-order valence-corrected chi connectivity index (χ0v) is 22.8. The molecule has 0 bridgehead atoms. The van der Waals surface area contributed by atoms with Gasteiger partial charge in [0.25, 0.3) is 5.95 Å². The maximum absolute atomic E-state index is 12.5. The SMILES string of the molecule is Cn1c[n+]([C@@H]2O[C@H](COP(=O)(O)OP(=O)(O)Oc3ccc(Cl)c4cccnc34)[C@@H](O)[C@H]2O)c2nc(N)nc([O-])c21. The molecule has 0 saturated carbocycles. The molecule has 214 valence electrons. The maximum Gasteiger partial charge on any atom is 0.536 e. The van der Waals surface area contributed by atoms with Gasteiger partial charge >= 0.3 is 21.3 Å². The molecule has 2 unspecified atom stereocenters. The van der Waals surface area contributed by atoms with Crippen molar-refractivity contribution in [2.45, 2.75) is 24.5 Å². The Morgan fingerprint density at radius 2 is 1.95 bits per heavy atom. The molecule has 1 aromatic carbocycles. The third-order valence-electron chi connectivity index (χ3n) is 5.86. The lowest BCUT2D eigenvalue weighted by molar-refractivity contribution is -0.745. The Hall–Kier alpha value is -2.95. The minimum absolute atomic E-state index is 0.00318. The number of anilines is 1. The zero-order chi connectivity index (χ0) is 29.0. The second-order valence-electron chi connectivity index (χ2n) is 8.59. The summed E-state index contributed by atoms with van der Waals surface area (Å²) in [6, 6.07) is 5.74. The number of nitrogens with two attached hydrogens (primary N) is 1. The van der Waals surface area contributed by atoms with Crippen LogP contribution in [-0.2, 0) is 29.7 Å². The summed E-state index contributed by atoms with van der Waals surface area (Å²) in [4.78, 5) is 31.8. The van der Waals surface area contributed by atoms with Gasteiger partial charge < -0.3 is 35.2 Å². The summed E-state index contributed by atoms with van der Waals surface area (Å²) in [5.41, 5.74) is 5.69. The van der Waals surface area contributed by atoms with Crippen LogP contribution in [0.25, 0.3) is 22.1 Å². The molecule has 0 amide bonds. The van der Waals surface area contributed by atoms with Gasteiger partial charge in [-0.05, 0) is 24.3 Å². The van der Waals surface area contributed by atoms with Crippen LogP contribution in [0.2, 0.25) is 5.02 Å². The average molecular weight is 619 g/mol. The number of phosphoric acid groups is 2. The molecule has 0 spiro atoms. The Bertz CT molecular complexity index is 1710. The van der Waals surface area contributed by atoms with Crippen LogP contribution in [0, 0.1) is 0 Å². The first-order valence-corrected chi connectivity index (χ1v) is 14.6. The highest BCUT2D eigenvalue weighted by Gasteiger charge is 2.48. The Morgan fingerprint density at radius 3 is 2.70 bits per heavy atom. The molecule has 20 heteroatoms. The van der Waals surface area contributed by atoms with Gasteiger partial charge in [0, 0.05) is 17.5 Å². The van der Waals surface area contributed by atoms with Crippen LogP contribution in [0.15, 0.2) is 36.8 Å². The van der Waals surface area contributed by atoms with Gasteiger partial charge in [0.15, 0.2) is 17.6 Å². The summed E-state index contributed by atoms with van der Waals surface area (Å²) >= 11 is 6.08. The molecular weight excluding hydrogens is 598 g/mol. The molecule has 40 heavy (non-hydrogen) atoms. The second kappa shape index (κ2) is 10.5. The number of phosphoric ester groups is 2. The van der Waals surface area contributed by atoms with Crippen LogP contribution in [0.4, 0.5) is 5.95 Å². The van der Waals surface area contributed by atoms with Crippen molar-refractivity contribution in [1.29, 1.82) is 0 Å². The number of halogens is 1. The number of nitrogens with zero attached hydrogens (tertiary/aromatic N) is 5. The molecule has 1 aliphatic heterocycles. The van der Waals surface area contributed by atoms with E-state index < -0.39 is 52.7 Å². The van der Waals surface area contributed by atoms with E-state index in [0.717, 1.165) is 0 Å². The molecule has 3 aromatic heterocycles. The molecule has 0 radical (unpaired) electrons. The van der Waals surface area contributed by atoms with Crippen molar-refractivity contribution in [3.05, 3.63) is 41.8 Å². The summed E-state index contributed by atoms with van der Waals surface area (Å²) in [6.45, 7) is -0.872. The van der Waals surface area contributed by atoms with Crippen LogP contribution in [0.5, 0.6) is 11.6 Å². The first kappa shape index (κ1) is 28.6. The summed E-state index contributed by atoms with van der Waals surface area (Å²) in [7, 11) is -9.07. The van der Waals surface area contributed by atoms with Gasteiger partial charge in [-0.3, -0.25) is 19.0 Å². The van der Waals surface area contributed by atoms with Gasteiger partial charge in [0.1, 0.15) is 23.8 Å². The second-order valence-corrected chi connectivity index (χ2v) is 12.0. The molecule has 4 heterocycles. The number of benzene rings is 1. The monoisotopic (exact) mass is 618 g/mol.